The number of alkyl halides is 1. The second-order valence-corrected chi connectivity index (χ2v) is 41.8. The topological polar surface area (TPSA) is 269 Å². The van der Waals surface area contributed by atoms with Crippen molar-refractivity contribution in [3.8, 4) is 17.2 Å². The minimum Gasteiger partial charge on any atom is -0.508 e. The smallest absolute Gasteiger partial charge is 0.211 e. The van der Waals surface area contributed by atoms with E-state index in [4.69, 9.17) is 30.4 Å². The summed E-state index contributed by atoms with van der Waals surface area (Å²) in [6.07, 6.45) is 12.6. The number of sulfone groups is 3. The van der Waals surface area contributed by atoms with E-state index < -0.39 is 91.0 Å². The molecule has 660 valence electrons. The summed E-state index contributed by atoms with van der Waals surface area (Å²) < 4.78 is 103. The van der Waals surface area contributed by atoms with Crippen LogP contribution in [-0.4, -0.2) is 145 Å². The molecule has 0 spiro atoms. The summed E-state index contributed by atoms with van der Waals surface area (Å²) in [6.45, 7) is 13.1. The van der Waals surface area contributed by atoms with Gasteiger partial charge in [-0.25, -0.2) is 29.5 Å². The van der Waals surface area contributed by atoms with Crippen LogP contribution in [0.3, 0.4) is 0 Å². The van der Waals surface area contributed by atoms with Crippen molar-refractivity contribution in [2.24, 2.45) is 16.2 Å². The zero-order valence-corrected chi connectivity index (χ0v) is 77.9. The largest absolute Gasteiger partial charge is 0.508 e. The molecule has 0 fully saturated rings. The Balaban J connectivity index is 0.000000230. The van der Waals surface area contributed by atoms with Crippen molar-refractivity contribution in [2.75, 3.05) is 81.4 Å². The number of unbranched alkanes of at least 4 members (excludes halogenated alkanes) is 6. The number of ether oxygens (including phenoxy) is 2. The Morgan fingerprint density at radius 1 is 0.400 bits per heavy atom. The van der Waals surface area contributed by atoms with Crippen LogP contribution in [-0.2, 0) is 64.4 Å². The summed E-state index contributed by atoms with van der Waals surface area (Å²) in [5, 5.41) is 64.2. The molecular formula is C95H130Cl3N3O15S4. The molecule has 0 radical (unpaired) electrons. The van der Waals surface area contributed by atoms with Gasteiger partial charge in [0.05, 0.1) is 70.6 Å². The molecule has 18 nitrogen and oxygen atoms in total. The molecule has 8 aromatic carbocycles. The first-order valence-corrected chi connectivity index (χ1v) is 50.4. The molecule has 3 heterocycles. The van der Waals surface area contributed by atoms with Gasteiger partial charge in [0.2, 0.25) is 9.23 Å². The van der Waals surface area contributed by atoms with Gasteiger partial charge in [-0.1, -0.05) is 204 Å². The molecule has 11 rings (SSSR count). The first-order valence-electron chi connectivity index (χ1n) is 42.1. The van der Waals surface area contributed by atoms with E-state index in [2.05, 4.69) is 62.9 Å². The number of benzene rings is 8. The van der Waals surface area contributed by atoms with E-state index in [0.29, 0.717) is 88.1 Å². The van der Waals surface area contributed by atoms with E-state index in [0.717, 1.165) is 139 Å². The zero-order valence-electron chi connectivity index (χ0n) is 72.4. The summed E-state index contributed by atoms with van der Waals surface area (Å²) in [5.74, 6) is 0.612. The van der Waals surface area contributed by atoms with Crippen LogP contribution >= 0.6 is 33.0 Å². The van der Waals surface area contributed by atoms with Crippen molar-refractivity contribution >= 4 is 88.8 Å². The fraction of sp³-hybridized carbons (Fsp3) is 0.495. The molecular weight excluding hydrogens is 1660 g/mol. The van der Waals surface area contributed by atoms with Gasteiger partial charge in [0.25, 0.3) is 0 Å². The molecule has 0 unspecified atom stereocenters. The normalized spacial score (nSPS) is 19.2. The fourth-order valence-corrected chi connectivity index (χ4v) is 23.8. The third kappa shape index (κ3) is 26.2. The van der Waals surface area contributed by atoms with Crippen molar-refractivity contribution in [1.29, 1.82) is 0 Å². The molecule has 0 amide bonds. The predicted molar refractivity (Wildman–Crippen MR) is 492 cm³/mol. The molecule has 0 saturated heterocycles. The number of aromatic hydroxyl groups is 1. The Morgan fingerprint density at radius 2 is 0.658 bits per heavy atom. The standard InChI is InChI=1S/C34H45NO5S.C27H39NO4S.C26H37NO4S.C8H9ClO.Cl2OS/c1-5-7-19-34(20-8-6-2)24-41(38,39)31-18-15-28(35(3)4)21-30(31)32(33(34)37)27-13-16-29(17-14-27)40-23-26-11-9-25(22-36)10-12-26;1-6-8-16-27(17-9-7-2)19-33(30,31)24-15-12-21(28(3)4)18-23(24)25(26(27)29)20-10-13-22(32-5)14-11-20;1-5-7-15-26(16-8-6-2)18-32(30,31)23-14-11-20(27(3)4)17-22(23)24(25(26)29)19-9-12-21(28)13-10-19;9-5-7-1-3-8(6-10)4-2-7;1-4(2)3/h9-18,21,32-33,36-37H,5-8,19-20,22-24H2,1-4H3;10-15,18,25-26,29H,6-9,16-17,19H2,1-5H3;9-14,17,24-25,28-29H,5-8,15-16,18H2,1-4H3;1-4,10H,5-6H2;/t32-,33-;25-,26-;24-,25-;;/m000../s1. The highest BCUT2D eigenvalue weighted by Crippen LogP contribution is 2.54. The van der Waals surface area contributed by atoms with E-state index in [1.807, 2.05) is 190 Å². The summed E-state index contributed by atoms with van der Waals surface area (Å²) in [5.41, 5.74) is 9.04. The van der Waals surface area contributed by atoms with Gasteiger partial charge >= 0.3 is 0 Å². The van der Waals surface area contributed by atoms with Crippen LogP contribution in [0.5, 0.6) is 17.2 Å². The maximum atomic E-state index is 14.0. The monoisotopic (exact) mass is 1790 g/mol. The number of hydrogen-bond donors (Lipinski definition) is 6. The molecule has 3 aliphatic rings. The van der Waals surface area contributed by atoms with Crippen LogP contribution in [0.2, 0.25) is 0 Å². The number of phenolic OH excluding ortho intramolecular Hbond substituents is 1. The Hall–Kier alpha value is -6.77. The van der Waals surface area contributed by atoms with E-state index >= 15 is 0 Å². The predicted octanol–water partition coefficient (Wildman–Crippen LogP) is 19.9. The van der Waals surface area contributed by atoms with Crippen molar-refractivity contribution in [2.45, 2.75) is 234 Å². The molecule has 0 saturated carbocycles. The average Bonchev–Trinajstić information content (AvgIpc) is 1.60. The lowest BCUT2D eigenvalue weighted by Gasteiger charge is -2.40. The van der Waals surface area contributed by atoms with E-state index in [1.54, 1.807) is 49.6 Å². The maximum Gasteiger partial charge on any atom is 0.211 e. The van der Waals surface area contributed by atoms with Crippen LogP contribution in [0, 0.1) is 16.2 Å². The minimum absolute atomic E-state index is 0.00819. The minimum atomic E-state index is -3.63. The molecule has 6 N–H and O–H groups in total. The number of nitrogens with zero attached hydrogens (tertiary/aromatic N) is 3. The molecule has 0 bridgehead atoms. The van der Waals surface area contributed by atoms with E-state index in [-0.39, 0.29) is 36.2 Å². The van der Waals surface area contributed by atoms with Gasteiger partial charge in [-0.2, -0.15) is 0 Å². The van der Waals surface area contributed by atoms with Crippen LogP contribution < -0.4 is 24.2 Å². The molecule has 8 aromatic rings. The Kier molecular flexibility index (Phi) is 39.1. The van der Waals surface area contributed by atoms with Gasteiger partial charge in [0, 0.05) is 121 Å². The van der Waals surface area contributed by atoms with Crippen LogP contribution in [0.1, 0.15) is 231 Å². The number of aliphatic hydroxyl groups excluding tert-OH is 5. The lowest BCUT2D eigenvalue weighted by atomic mass is 9.68. The fourth-order valence-electron chi connectivity index (χ4n) is 17.1. The van der Waals surface area contributed by atoms with Gasteiger partial charge in [-0.05, 0) is 185 Å². The van der Waals surface area contributed by atoms with Crippen LogP contribution in [0.25, 0.3) is 0 Å². The number of phenols is 1. The third-order valence-corrected chi connectivity index (χ3v) is 30.2. The van der Waals surface area contributed by atoms with Crippen molar-refractivity contribution in [3.05, 3.63) is 232 Å². The van der Waals surface area contributed by atoms with E-state index in [1.165, 1.54) is 0 Å². The molecule has 0 aromatic heterocycles. The highest BCUT2D eigenvalue weighted by atomic mass is 36.0. The van der Waals surface area contributed by atoms with Gasteiger partial charge < -0.3 is 54.8 Å². The number of fused-ring (bicyclic) bond motifs is 3. The molecule has 25 heteroatoms. The Labute approximate surface area is 732 Å². The second kappa shape index (κ2) is 46.8. The maximum absolute atomic E-state index is 14.0. The van der Waals surface area contributed by atoms with Crippen molar-refractivity contribution in [1.82, 2.24) is 0 Å². The van der Waals surface area contributed by atoms with Crippen molar-refractivity contribution < 1.29 is 69.6 Å². The van der Waals surface area contributed by atoms with Gasteiger partial charge in [0.15, 0.2) is 29.5 Å². The quantitative estimate of drug-likeness (QED) is 0.0174. The lowest BCUT2D eigenvalue weighted by molar-refractivity contribution is 0.0126. The Bertz CT molecular complexity index is 4820. The zero-order chi connectivity index (χ0) is 88.3. The summed E-state index contributed by atoms with van der Waals surface area (Å²) in [7, 11) is 9.78. The Morgan fingerprint density at radius 3 is 0.908 bits per heavy atom. The molecule has 0 aliphatic carbocycles. The number of aliphatic hydroxyl groups is 5. The second-order valence-electron chi connectivity index (χ2n) is 33.1. The number of methoxy groups -OCH3 is 1. The highest BCUT2D eigenvalue weighted by Gasteiger charge is 2.53. The molecule has 6 atom stereocenters. The highest BCUT2D eigenvalue weighted by molar-refractivity contribution is 8.26. The first kappa shape index (κ1) is 100. The number of anilines is 3. The van der Waals surface area contributed by atoms with Gasteiger partial charge in [-0.15, -0.1) is 11.6 Å². The molecule has 3 aliphatic heterocycles. The van der Waals surface area contributed by atoms with Crippen LogP contribution in [0.4, 0.5) is 17.1 Å². The van der Waals surface area contributed by atoms with Crippen molar-refractivity contribution in [3.63, 3.8) is 0 Å². The summed E-state index contributed by atoms with van der Waals surface area (Å²) in [6, 6.07) is 54.0. The van der Waals surface area contributed by atoms with E-state index in [9.17, 15) is 50.8 Å². The van der Waals surface area contributed by atoms with Gasteiger partial charge in [-0.3, -0.25) is 0 Å². The van der Waals surface area contributed by atoms with Gasteiger partial charge in [0.1, 0.15) is 23.9 Å². The first-order chi connectivity index (χ1) is 57.1. The van der Waals surface area contributed by atoms with Crippen LogP contribution in [0.15, 0.2) is 191 Å². The lowest BCUT2D eigenvalue weighted by Crippen LogP contribution is -2.43. The molecule has 120 heavy (non-hydrogen) atoms. The average molecular weight is 1790 g/mol. The number of rotatable bonds is 31. The SMILES string of the molecule is CCCCC1(CCCC)CS(=O)(=O)c2ccc(N(C)C)cc2[C@H](c2ccc(O)cc2)[C@@H]1O.CCCCC1(CCCC)CS(=O)(=O)c2ccc(N(C)C)cc2[C@H](c2ccc(OC)cc2)[C@@H]1O.CCCCC1(CCCC)CS(=O)(=O)c2ccc(N(C)C)cc2[C@H](c2ccc(OCc3ccc(CO)cc3)cc2)[C@@H]1O.O=S(Cl)Cl.OCc1ccc(CCl)cc1. The summed E-state index contributed by atoms with van der Waals surface area (Å²) >= 11 is 5.56. The summed E-state index contributed by atoms with van der Waals surface area (Å²) in [4.78, 5) is 6.87. The third-order valence-electron chi connectivity index (χ3n) is 23.9. The number of hydrogen-bond acceptors (Lipinski definition) is 18. The number of halogens is 3.